The minimum atomic E-state index is -0.184. The predicted molar refractivity (Wildman–Crippen MR) is 133 cm³/mol. The van der Waals surface area contributed by atoms with Gasteiger partial charge in [-0.05, 0) is 37.3 Å². The zero-order valence-corrected chi connectivity index (χ0v) is 20.6. The molecule has 1 amide bonds. The van der Waals surface area contributed by atoms with Crippen LogP contribution in [0.2, 0.25) is 10.0 Å². The van der Waals surface area contributed by atoms with Crippen molar-refractivity contribution in [2.24, 2.45) is 0 Å². The molecule has 4 rings (SSSR count). The summed E-state index contributed by atoms with van der Waals surface area (Å²) in [4.78, 5) is 16.9. The standard InChI is InChI=1S/C22H19Cl2N5O2S2/c1-2-29-19(11-31-15-6-4-3-5-7-15)27-28-22(29)33-13-20(30)26-21-25-18(12-32-21)16-9-8-14(23)10-17(16)24/h3-10,12H,2,11,13H2,1H3,(H,25,26,30). The van der Waals surface area contributed by atoms with E-state index in [1.807, 2.05) is 47.2 Å². The Kier molecular flexibility index (Phi) is 7.87. The summed E-state index contributed by atoms with van der Waals surface area (Å²) in [5.74, 6) is 1.46. The summed E-state index contributed by atoms with van der Waals surface area (Å²) in [6.07, 6.45) is 0. The van der Waals surface area contributed by atoms with Gasteiger partial charge in [0, 0.05) is 22.5 Å². The van der Waals surface area contributed by atoms with E-state index in [2.05, 4.69) is 20.5 Å². The summed E-state index contributed by atoms with van der Waals surface area (Å²) in [6, 6.07) is 14.7. The summed E-state index contributed by atoms with van der Waals surface area (Å²) in [6.45, 7) is 2.97. The molecule has 0 fully saturated rings. The smallest absolute Gasteiger partial charge is 0.236 e. The molecule has 0 aliphatic carbocycles. The Balaban J connectivity index is 1.33. The largest absolute Gasteiger partial charge is 0.486 e. The molecule has 4 aromatic rings. The molecule has 0 radical (unpaired) electrons. The minimum absolute atomic E-state index is 0.175. The van der Waals surface area contributed by atoms with Crippen LogP contribution in [0.4, 0.5) is 5.13 Å². The SMILES string of the molecule is CCn1c(COc2ccccc2)nnc1SCC(=O)Nc1nc(-c2ccc(Cl)cc2Cl)cs1. The number of anilines is 1. The van der Waals surface area contributed by atoms with E-state index >= 15 is 0 Å². The zero-order chi connectivity index (χ0) is 23.2. The molecule has 0 unspecified atom stereocenters. The van der Waals surface area contributed by atoms with Gasteiger partial charge in [0.05, 0.1) is 16.5 Å². The van der Waals surface area contributed by atoms with Crippen molar-refractivity contribution >= 4 is 57.3 Å². The number of halogens is 2. The number of thioether (sulfide) groups is 1. The van der Waals surface area contributed by atoms with Gasteiger partial charge in [0.2, 0.25) is 5.91 Å². The molecule has 0 saturated carbocycles. The summed E-state index contributed by atoms with van der Waals surface area (Å²) in [5.41, 5.74) is 1.44. The van der Waals surface area contributed by atoms with E-state index in [-0.39, 0.29) is 11.7 Å². The van der Waals surface area contributed by atoms with Crippen LogP contribution >= 0.6 is 46.3 Å². The number of hydrogen-bond donors (Lipinski definition) is 1. The van der Waals surface area contributed by atoms with Gasteiger partial charge in [0.1, 0.15) is 12.4 Å². The number of rotatable bonds is 9. The average molecular weight is 520 g/mol. The summed E-state index contributed by atoms with van der Waals surface area (Å²) in [5, 5.41) is 15.3. The number of hydrogen-bond acceptors (Lipinski definition) is 7. The number of para-hydroxylation sites is 1. The molecule has 7 nitrogen and oxygen atoms in total. The third-order valence-corrected chi connectivity index (χ3v) is 6.78. The number of benzene rings is 2. The third kappa shape index (κ3) is 6.05. The van der Waals surface area contributed by atoms with Crippen LogP contribution < -0.4 is 10.1 Å². The van der Waals surface area contributed by atoms with Crippen molar-refractivity contribution in [1.29, 1.82) is 0 Å². The predicted octanol–water partition coefficient (Wildman–Crippen LogP) is 6.04. The summed E-state index contributed by atoms with van der Waals surface area (Å²) < 4.78 is 7.71. The molecule has 1 N–H and O–H groups in total. The fourth-order valence-electron chi connectivity index (χ4n) is 2.95. The normalized spacial score (nSPS) is 10.9. The molecule has 0 aliphatic heterocycles. The summed E-state index contributed by atoms with van der Waals surface area (Å²) >= 11 is 14.8. The van der Waals surface area contributed by atoms with Crippen LogP contribution in [-0.4, -0.2) is 31.4 Å². The van der Waals surface area contributed by atoms with Gasteiger partial charge in [-0.3, -0.25) is 4.79 Å². The van der Waals surface area contributed by atoms with Gasteiger partial charge in [-0.2, -0.15) is 0 Å². The maximum atomic E-state index is 12.5. The number of nitrogens with one attached hydrogen (secondary N) is 1. The highest BCUT2D eigenvalue weighted by Crippen LogP contribution is 2.32. The Bertz CT molecular complexity index is 1250. The molecule has 2 aromatic carbocycles. The van der Waals surface area contributed by atoms with Crippen LogP contribution in [-0.2, 0) is 17.9 Å². The van der Waals surface area contributed by atoms with Gasteiger partial charge in [-0.15, -0.1) is 21.5 Å². The van der Waals surface area contributed by atoms with Gasteiger partial charge in [0.25, 0.3) is 0 Å². The Morgan fingerprint density at radius 1 is 1.18 bits per heavy atom. The van der Waals surface area contributed by atoms with Gasteiger partial charge < -0.3 is 14.6 Å². The number of nitrogens with zero attached hydrogens (tertiary/aromatic N) is 4. The second-order valence-corrected chi connectivity index (χ2v) is 9.39. The third-order valence-electron chi connectivity index (χ3n) is 4.51. The van der Waals surface area contributed by atoms with Crippen LogP contribution in [0.15, 0.2) is 59.1 Å². The van der Waals surface area contributed by atoms with E-state index in [0.717, 1.165) is 11.3 Å². The van der Waals surface area contributed by atoms with E-state index in [4.69, 9.17) is 27.9 Å². The first kappa shape index (κ1) is 23.6. The zero-order valence-electron chi connectivity index (χ0n) is 17.5. The van der Waals surface area contributed by atoms with Crippen LogP contribution in [0, 0.1) is 0 Å². The number of aromatic nitrogens is 4. The van der Waals surface area contributed by atoms with E-state index in [1.54, 1.807) is 18.2 Å². The lowest BCUT2D eigenvalue weighted by Crippen LogP contribution is -2.14. The highest BCUT2D eigenvalue weighted by Gasteiger charge is 2.15. The molecular formula is C22H19Cl2N5O2S2. The van der Waals surface area contributed by atoms with E-state index < -0.39 is 0 Å². The minimum Gasteiger partial charge on any atom is -0.486 e. The molecule has 2 aromatic heterocycles. The van der Waals surface area contributed by atoms with Crippen molar-refractivity contribution in [2.45, 2.75) is 25.2 Å². The van der Waals surface area contributed by atoms with Crippen LogP contribution in [0.1, 0.15) is 12.7 Å². The second kappa shape index (κ2) is 11.0. The van der Waals surface area contributed by atoms with Crippen LogP contribution in [0.3, 0.4) is 0 Å². The number of carbonyl (C=O) groups is 1. The van der Waals surface area contributed by atoms with Crippen molar-refractivity contribution in [1.82, 2.24) is 19.7 Å². The Labute approximate surface area is 209 Å². The Hall–Kier alpha value is -2.59. The molecule has 33 heavy (non-hydrogen) atoms. The fourth-order valence-corrected chi connectivity index (χ4v) is 5.01. The van der Waals surface area contributed by atoms with Crippen molar-refractivity contribution in [3.8, 4) is 17.0 Å². The van der Waals surface area contributed by atoms with Crippen molar-refractivity contribution in [3.05, 3.63) is 69.8 Å². The number of carbonyl (C=O) groups excluding carboxylic acids is 1. The molecule has 0 bridgehead atoms. The van der Waals surface area contributed by atoms with Gasteiger partial charge in [-0.1, -0.05) is 53.2 Å². The van der Waals surface area contributed by atoms with Gasteiger partial charge in [-0.25, -0.2) is 4.98 Å². The number of amides is 1. The highest BCUT2D eigenvalue weighted by molar-refractivity contribution is 7.99. The Morgan fingerprint density at radius 3 is 2.76 bits per heavy atom. The van der Waals surface area contributed by atoms with Crippen LogP contribution in [0.5, 0.6) is 5.75 Å². The fraction of sp³-hybridized carbons (Fsp3) is 0.182. The first-order valence-corrected chi connectivity index (χ1v) is 12.6. The lowest BCUT2D eigenvalue weighted by Gasteiger charge is -2.08. The highest BCUT2D eigenvalue weighted by atomic mass is 35.5. The molecule has 2 heterocycles. The van der Waals surface area contributed by atoms with Crippen molar-refractivity contribution < 1.29 is 9.53 Å². The topological polar surface area (TPSA) is 81.9 Å². The number of ether oxygens (including phenoxy) is 1. The molecule has 0 atom stereocenters. The molecule has 0 spiro atoms. The quantitative estimate of drug-likeness (QED) is 0.271. The summed E-state index contributed by atoms with van der Waals surface area (Å²) in [7, 11) is 0. The molecule has 0 saturated heterocycles. The van der Waals surface area contributed by atoms with E-state index in [0.29, 0.717) is 45.0 Å². The maximum absolute atomic E-state index is 12.5. The van der Waals surface area contributed by atoms with E-state index in [1.165, 1.54) is 23.1 Å². The van der Waals surface area contributed by atoms with Gasteiger partial charge in [0.15, 0.2) is 16.1 Å². The van der Waals surface area contributed by atoms with E-state index in [9.17, 15) is 4.79 Å². The second-order valence-electron chi connectivity index (χ2n) is 6.74. The monoisotopic (exact) mass is 519 g/mol. The first-order valence-electron chi connectivity index (χ1n) is 9.97. The Morgan fingerprint density at radius 2 is 2.00 bits per heavy atom. The first-order chi connectivity index (χ1) is 16.0. The lowest BCUT2D eigenvalue weighted by molar-refractivity contribution is -0.113. The van der Waals surface area contributed by atoms with Crippen molar-refractivity contribution in [2.75, 3.05) is 11.1 Å². The maximum Gasteiger partial charge on any atom is 0.236 e. The molecule has 170 valence electrons. The molecule has 11 heteroatoms. The average Bonchev–Trinajstić information content (AvgIpc) is 3.43. The lowest BCUT2D eigenvalue weighted by atomic mass is 10.2. The van der Waals surface area contributed by atoms with Gasteiger partial charge >= 0.3 is 0 Å². The molecular weight excluding hydrogens is 501 g/mol. The van der Waals surface area contributed by atoms with Crippen LogP contribution in [0.25, 0.3) is 11.3 Å². The number of thiazole rings is 1. The van der Waals surface area contributed by atoms with Crippen molar-refractivity contribution in [3.63, 3.8) is 0 Å². The molecule has 0 aliphatic rings.